The summed E-state index contributed by atoms with van der Waals surface area (Å²) in [4.78, 5) is 6.92. The zero-order valence-corrected chi connectivity index (χ0v) is 14.6. The molecule has 6 nitrogen and oxygen atoms in total. The molecule has 4 N–H and O–H groups in total. The summed E-state index contributed by atoms with van der Waals surface area (Å²) < 4.78 is 5.44. The minimum absolute atomic E-state index is 0.155. The van der Waals surface area contributed by atoms with E-state index in [0.717, 1.165) is 37.2 Å². The summed E-state index contributed by atoms with van der Waals surface area (Å²) in [7, 11) is 1.79. The van der Waals surface area contributed by atoms with Crippen LogP contribution < -0.4 is 16.0 Å². The Balaban J connectivity index is 1.71. The molecule has 0 bridgehead atoms. The van der Waals surface area contributed by atoms with Crippen molar-refractivity contribution >= 4 is 22.2 Å². The largest absolute Gasteiger partial charge is 0.381 e. The van der Waals surface area contributed by atoms with Crippen LogP contribution in [0.3, 0.4) is 0 Å². The van der Waals surface area contributed by atoms with Crippen LogP contribution in [0, 0.1) is 0 Å². The molecule has 3 rings (SSSR count). The van der Waals surface area contributed by atoms with Crippen LogP contribution in [0.25, 0.3) is 11.3 Å². The summed E-state index contributed by atoms with van der Waals surface area (Å²) >= 11 is 1.46. The average Bonchev–Trinajstić information content (AvgIpc) is 3.10. The van der Waals surface area contributed by atoms with Crippen molar-refractivity contribution in [2.75, 3.05) is 37.0 Å². The van der Waals surface area contributed by atoms with E-state index in [0.29, 0.717) is 11.2 Å². The Morgan fingerprint density at radius 3 is 2.96 bits per heavy atom. The lowest BCUT2D eigenvalue weighted by Gasteiger charge is -2.33. The Bertz CT molecular complexity index is 656. The molecule has 2 heterocycles. The molecule has 1 aliphatic heterocycles. The number of nitrogens with zero attached hydrogens (tertiary/aromatic N) is 2. The smallest absolute Gasteiger partial charge is 0.185 e. The van der Waals surface area contributed by atoms with Crippen molar-refractivity contribution in [1.82, 2.24) is 4.98 Å². The highest BCUT2D eigenvalue weighted by Gasteiger charge is 2.19. The van der Waals surface area contributed by atoms with Crippen molar-refractivity contribution in [3.8, 4) is 11.3 Å². The SMILES string of the molecule is COC1CCN(c2cccc(-c3csc(NC(O)CN)n3)c2)CC1. The molecule has 7 heteroatoms. The third-order valence-corrected chi connectivity index (χ3v) is 5.07. The minimum atomic E-state index is -0.766. The lowest BCUT2D eigenvalue weighted by molar-refractivity contribution is 0.0819. The zero-order valence-electron chi connectivity index (χ0n) is 13.8. The van der Waals surface area contributed by atoms with E-state index in [-0.39, 0.29) is 6.54 Å². The first-order valence-corrected chi connectivity index (χ1v) is 9.06. The topological polar surface area (TPSA) is 83.6 Å². The van der Waals surface area contributed by atoms with Crippen molar-refractivity contribution < 1.29 is 9.84 Å². The Kier molecular flexibility index (Phi) is 5.68. The summed E-state index contributed by atoms with van der Waals surface area (Å²) in [6.07, 6.45) is 1.73. The number of anilines is 2. The Hall–Kier alpha value is -1.67. The Morgan fingerprint density at radius 1 is 1.46 bits per heavy atom. The number of hydrogen-bond donors (Lipinski definition) is 3. The third-order valence-electron chi connectivity index (χ3n) is 4.30. The van der Waals surface area contributed by atoms with E-state index in [4.69, 9.17) is 10.5 Å². The van der Waals surface area contributed by atoms with E-state index in [1.165, 1.54) is 17.0 Å². The number of thiazole rings is 1. The Morgan fingerprint density at radius 2 is 2.25 bits per heavy atom. The number of nitrogens with one attached hydrogen (secondary N) is 1. The normalized spacial score (nSPS) is 17.0. The molecule has 1 atom stereocenters. The van der Waals surface area contributed by atoms with Crippen LogP contribution in [0.2, 0.25) is 0 Å². The van der Waals surface area contributed by atoms with Gasteiger partial charge in [-0.15, -0.1) is 11.3 Å². The predicted octanol–water partition coefficient (Wildman–Crippen LogP) is 2.11. The molecule has 1 saturated heterocycles. The number of hydrogen-bond acceptors (Lipinski definition) is 7. The van der Waals surface area contributed by atoms with Crippen molar-refractivity contribution in [1.29, 1.82) is 0 Å². The number of aromatic nitrogens is 1. The van der Waals surface area contributed by atoms with Gasteiger partial charge in [-0.25, -0.2) is 4.98 Å². The van der Waals surface area contributed by atoms with Crippen molar-refractivity contribution in [3.63, 3.8) is 0 Å². The standard InChI is InChI=1S/C17H24N4O2S/c1-23-14-5-7-21(8-6-14)13-4-2-3-12(9-13)15-11-24-17(19-15)20-16(22)10-18/h2-4,9,11,14,16,22H,5-8,10,18H2,1H3,(H,19,20). The fraction of sp³-hybridized carbons (Fsp3) is 0.471. The number of rotatable bonds is 6. The highest BCUT2D eigenvalue weighted by molar-refractivity contribution is 7.14. The highest BCUT2D eigenvalue weighted by Crippen LogP contribution is 2.29. The molecule has 1 unspecified atom stereocenters. The lowest BCUT2D eigenvalue weighted by atomic mass is 10.1. The third kappa shape index (κ3) is 4.05. The van der Waals surface area contributed by atoms with Crippen LogP contribution in [-0.2, 0) is 4.74 Å². The summed E-state index contributed by atoms with van der Waals surface area (Å²) in [6, 6.07) is 8.43. The van der Waals surface area contributed by atoms with Gasteiger partial charge in [-0.2, -0.15) is 0 Å². The van der Waals surface area contributed by atoms with Gasteiger partial charge in [-0.1, -0.05) is 12.1 Å². The molecular weight excluding hydrogens is 324 g/mol. The van der Waals surface area contributed by atoms with Gasteiger partial charge in [0, 0.05) is 43.4 Å². The highest BCUT2D eigenvalue weighted by atomic mass is 32.1. The van der Waals surface area contributed by atoms with E-state index in [2.05, 4.69) is 39.5 Å². The molecule has 130 valence electrons. The van der Waals surface area contributed by atoms with Gasteiger partial charge in [-0.3, -0.25) is 0 Å². The first-order chi connectivity index (χ1) is 11.7. The van der Waals surface area contributed by atoms with Crippen molar-refractivity contribution in [3.05, 3.63) is 29.6 Å². The molecule has 0 saturated carbocycles. The first-order valence-electron chi connectivity index (χ1n) is 8.18. The van der Waals surface area contributed by atoms with Crippen LogP contribution in [0.4, 0.5) is 10.8 Å². The number of nitrogens with two attached hydrogens (primary N) is 1. The molecule has 0 radical (unpaired) electrons. The molecule has 0 aliphatic carbocycles. The zero-order chi connectivity index (χ0) is 16.9. The molecule has 0 spiro atoms. The van der Waals surface area contributed by atoms with E-state index < -0.39 is 6.23 Å². The number of aliphatic hydroxyl groups excluding tert-OH is 1. The fourth-order valence-electron chi connectivity index (χ4n) is 2.89. The van der Waals surface area contributed by atoms with E-state index in [9.17, 15) is 5.11 Å². The number of piperidine rings is 1. The van der Waals surface area contributed by atoms with Crippen molar-refractivity contribution in [2.45, 2.75) is 25.2 Å². The number of aliphatic hydroxyl groups is 1. The molecule has 1 aromatic carbocycles. The van der Waals surface area contributed by atoms with Crippen LogP contribution in [0.1, 0.15) is 12.8 Å². The van der Waals surface area contributed by atoms with Crippen LogP contribution in [0.5, 0.6) is 0 Å². The second-order valence-corrected chi connectivity index (χ2v) is 6.76. The number of ether oxygens (including phenoxy) is 1. The molecule has 2 aromatic rings. The first kappa shape index (κ1) is 17.2. The monoisotopic (exact) mass is 348 g/mol. The van der Waals surface area contributed by atoms with E-state index in [1.807, 2.05) is 5.38 Å². The van der Waals surface area contributed by atoms with Gasteiger partial charge in [0.15, 0.2) is 5.13 Å². The minimum Gasteiger partial charge on any atom is -0.381 e. The fourth-order valence-corrected chi connectivity index (χ4v) is 3.65. The Labute approximate surface area is 146 Å². The van der Waals surface area contributed by atoms with Crippen LogP contribution in [-0.4, -0.2) is 49.2 Å². The van der Waals surface area contributed by atoms with Crippen LogP contribution >= 0.6 is 11.3 Å². The molecule has 0 amide bonds. The van der Waals surface area contributed by atoms with E-state index in [1.54, 1.807) is 7.11 Å². The second-order valence-electron chi connectivity index (χ2n) is 5.91. The van der Waals surface area contributed by atoms with Gasteiger partial charge in [-0.05, 0) is 25.0 Å². The average molecular weight is 348 g/mol. The van der Waals surface area contributed by atoms with Crippen LogP contribution in [0.15, 0.2) is 29.6 Å². The maximum atomic E-state index is 9.56. The van der Waals surface area contributed by atoms with Gasteiger partial charge in [0.05, 0.1) is 11.8 Å². The lowest BCUT2D eigenvalue weighted by Crippen LogP contribution is -2.36. The van der Waals surface area contributed by atoms with Crippen molar-refractivity contribution in [2.24, 2.45) is 5.73 Å². The van der Waals surface area contributed by atoms with Gasteiger partial charge in [0.2, 0.25) is 0 Å². The molecule has 24 heavy (non-hydrogen) atoms. The summed E-state index contributed by atoms with van der Waals surface area (Å²) in [5.74, 6) is 0. The summed E-state index contributed by atoms with van der Waals surface area (Å²) in [5.41, 5.74) is 8.60. The predicted molar refractivity (Wildman–Crippen MR) is 98.5 cm³/mol. The second kappa shape index (κ2) is 7.94. The van der Waals surface area contributed by atoms with E-state index >= 15 is 0 Å². The summed E-state index contributed by atoms with van der Waals surface area (Å²) in [6.45, 7) is 2.17. The molecule has 1 fully saturated rings. The number of methoxy groups -OCH3 is 1. The van der Waals surface area contributed by atoms with Gasteiger partial charge in [0.25, 0.3) is 0 Å². The maximum absolute atomic E-state index is 9.56. The molecular formula is C17H24N4O2S. The van der Waals surface area contributed by atoms with Gasteiger partial charge in [0.1, 0.15) is 6.23 Å². The molecule has 1 aromatic heterocycles. The van der Waals surface area contributed by atoms with Gasteiger partial charge >= 0.3 is 0 Å². The molecule has 1 aliphatic rings. The van der Waals surface area contributed by atoms with Gasteiger partial charge < -0.3 is 25.8 Å². The summed E-state index contributed by atoms with van der Waals surface area (Å²) in [5, 5.41) is 15.1. The maximum Gasteiger partial charge on any atom is 0.185 e. The number of benzene rings is 1. The quantitative estimate of drug-likeness (QED) is 0.694.